The number of carbonyl (C=O) groups is 2. The Kier molecular flexibility index (Phi) is 4.31. The Labute approximate surface area is 136 Å². The van der Waals surface area contributed by atoms with Gasteiger partial charge in [0.2, 0.25) is 5.91 Å². The third-order valence-corrected chi connectivity index (χ3v) is 4.41. The average molecular weight is 334 g/mol. The van der Waals surface area contributed by atoms with Crippen LogP contribution in [0.2, 0.25) is 5.15 Å². The molecule has 0 spiro atoms. The summed E-state index contributed by atoms with van der Waals surface area (Å²) in [6.45, 7) is 0.362. The maximum Gasteiger partial charge on any atom is 0.251 e. The number of halogens is 1. The molecule has 0 saturated carbocycles. The van der Waals surface area contributed by atoms with E-state index in [-0.39, 0.29) is 11.8 Å². The summed E-state index contributed by atoms with van der Waals surface area (Å²) in [5, 5.41) is 6.00. The Balaban J connectivity index is 1.68. The molecule has 0 fully saturated rings. The van der Waals surface area contributed by atoms with Crippen LogP contribution in [0.25, 0.3) is 0 Å². The first kappa shape index (κ1) is 14.9. The Morgan fingerprint density at radius 2 is 2.23 bits per heavy atom. The number of aromatic nitrogens is 1. The van der Waals surface area contributed by atoms with Gasteiger partial charge in [0.1, 0.15) is 5.15 Å². The molecule has 0 unspecified atom stereocenters. The van der Waals surface area contributed by atoms with Crippen LogP contribution in [0.1, 0.15) is 15.9 Å². The lowest BCUT2D eigenvalue weighted by Crippen LogP contribution is -2.24. The van der Waals surface area contributed by atoms with E-state index in [0.717, 1.165) is 10.5 Å². The first-order valence-corrected chi connectivity index (χ1v) is 7.93. The SMILES string of the molecule is O=C1CSc2ccc(C(=O)NCc3ccc(Cl)nc3)cc2N1. The lowest BCUT2D eigenvalue weighted by molar-refractivity contribution is -0.113. The maximum atomic E-state index is 12.2. The van der Waals surface area contributed by atoms with E-state index in [1.54, 1.807) is 30.5 Å². The number of fused-ring (bicyclic) bond motifs is 1. The van der Waals surface area contributed by atoms with Gasteiger partial charge in [0.15, 0.2) is 0 Å². The molecular formula is C15H12ClN3O2S. The van der Waals surface area contributed by atoms with Crippen LogP contribution in [0.15, 0.2) is 41.4 Å². The number of benzene rings is 1. The summed E-state index contributed by atoms with van der Waals surface area (Å²) < 4.78 is 0. The van der Waals surface area contributed by atoms with Crippen LogP contribution >= 0.6 is 23.4 Å². The molecule has 1 aromatic carbocycles. The fraction of sp³-hybridized carbons (Fsp3) is 0.133. The first-order valence-electron chi connectivity index (χ1n) is 6.57. The highest BCUT2D eigenvalue weighted by atomic mass is 35.5. The Hall–Kier alpha value is -2.05. The second-order valence-electron chi connectivity index (χ2n) is 4.72. The molecule has 22 heavy (non-hydrogen) atoms. The highest BCUT2D eigenvalue weighted by Crippen LogP contribution is 2.31. The van der Waals surface area contributed by atoms with Crippen LogP contribution in [-0.4, -0.2) is 22.6 Å². The second-order valence-corrected chi connectivity index (χ2v) is 6.12. The summed E-state index contributed by atoms with van der Waals surface area (Å²) in [5.74, 6) is 0.145. The number of pyridine rings is 1. The van der Waals surface area contributed by atoms with Gasteiger partial charge in [-0.05, 0) is 29.8 Å². The van der Waals surface area contributed by atoms with E-state index in [2.05, 4.69) is 15.6 Å². The van der Waals surface area contributed by atoms with E-state index < -0.39 is 0 Å². The molecule has 2 aromatic rings. The molecular weight excluding hydrogens is 322 g/mol. The van der Waals surface area contributed by atoms with Gasteiger partial charge < -0.3 is 10.6 Å². The minimum atomic E-state index is -0.206. The third-order valence-electron chi connectivity index (χ3n) is 3.12. The fourth-order valence-corrected chi connectivity index (χ4v) is 2.92. The van der Waals surface area contributed by atoms with E-state index in [1.165, 1.54) is 11.8 Å². The van der Waals surface area contributed by atoms with Crippen LogP contribution in [0.5, 0.6) is 0 Å². The summed E-state index contributed by atoms with van der Waals surface area (Å²) in [4.78, 5) is 28.5. The molecule has 1 aliphatic heterocycles. The predicted octanol–water partition coefficient (Wildman–Crippen LogP) is 2.71. The van der Waals surface area contributed by atoms with Crippen molar-refractivity contribution in [1.82, 2.24) is 10.3 Å². The van der Waals surface area contributed by atoms with Crippen molar-refractivity contribution in [2.75, 3.05) is 11.1 Å². The molecule has 0 aliphatic carbocycles. The fourth-order valence-electron chi connectivity index (χ4n) is 2.02. The highest BCUT2D eigenvalue weighted by molar-refractivity contribution is 8.00. The maximum absolute atomic E-state index is 12.2. The quantitative estimate of drug-likeness (QED) is 0.847. The molecule has 0 radical (unpaired) electrons. The third kappa shape index (κ3) is 3.40. The number of carbonyl (C=O) groups excluding carboxylic acids is 2. The minimum Gasteiger partial charge on any atom is -0.348 e. The molecule has 1 aromatic heterocycles. The second kappa shape index (κ2) is 6.37. The molecule has 5 nitrogen and oxygen atoms in total. The van der Waals surface area contributed by atoms with Crippen molar-refractivity contribution in [2.24, 2.45) is 0 Å². The number of anilines is 1. The zero-order valence-electron chi connectivity index (χ0n) is 11.4. The molecule has 0 atom stereocenters. The summed E-state index contributed by atoms with van der Waals surface area (Å²) >= 11 is 7.18. The standard InChI is InChI=1S/C15H12ClN3O2S/c16-13-4-1-9(6-17-13)7-18-15(21)10-2-3-12-11(5-10)19-14(20)8-22-12/h1-6H,7-8H2,(H,18,21)(H,19,20). The van der Waals surface area contributed by atoms with Gasteiger partial charge in [0, 0.05) is 23.2 Å². The van der Waals surface area contributed by atoms with E-state index in [4.69, 9.17) is 11.6 Å². The molecule has 0 saturated heterocycles. The van der Waals surface area contributed by atoms with Gasteiger partial charge in [-0.2, -0.15) is 0 Å². The summed E-state index contributed by atoms with van der Waals surface area (Å²) in [6, 6.07) is 8.76. The van der Waals surface area contributed by atoms with Crippen LogP contribution in [0.3, 0.4) is 0 Å². The Morgan fingerprint density at radius 3 is 3.00 bits per heavy atom. The number of rotatable bonds is 3. The zero-order valence-corrected chi connectivity index (χ0v) is 13.0. The Morgan fingerprint density at radius 1 is 1.36 bits per heavy atom. The average Bonchev–Trinajstić information content (AvgIpc) is 2.53. The van der Waals surface area contributed by atoms with Crippen LogP contribution in [0, 0.1) is 0 Å². The molecule has 0 bridgehead atoms. The Bertz CT molecular complexity index is 734. The minimum absolute atomic E-state index is 0.0534. The van der Waals surface area contributed by atoms with Crippen molar-refractivity contribution in [3.63, 3.8) is 0 Å². The molecule has 2 heterocycles. The van der Waals surface area contributed by atoms with Crippen LogP contribution in [-0.2, 0) is 11.3 Å². The number of nitrogens with zero attached hydrogens (tertiary/aromatic N) is 1. The summed E-state index contributed by atoms with van der Waals surface area (Å²) in [7, 11) is 0. The highest BCUT2D eigenvalue weighted by Gasteiger charge is 2.17. The first-order chi connectivity index (χ1) is 10.6. The van der Waals surface area contributed by atoms with Crippen molar-refractivity contribution >= 4 is 40.9 Å². The molecule has 112 valence electrons. The zero-order chi connectivity index (χ0) is 15.5. The summed E-state index contributed by atoms with van der Waals surface area (Å²) in [6.07, 6.45) is 1.62. The molecule has 1 aliphatic rings. The van der Waals surface area contributed by atoms with Crippen molar-refractivity contribution in [2.45, 2.75) is 11.4 Å². The smallest absolute Gasteiger partial charge is 0.251 e. The predicted molar refractivity (Wildman–Crippen MR) is 86.2 cm³/mol. The number of hydrogen-bond donors (Lipinski definition) is 2. The van der Waals surface area contributed by atoms with Gasteiger partial charge in [0.25, 0.3) is 5.91 Å². The monoisotopic (exact) mass is 333 g/mol. The number of amides is 2. The van der Waals surface area contributed by atoms with Gasteiger partial charge >= 0.3 is 0 Å². The molecule has 3 rings (SSSR count). The topological polar surface area (TPSA) is 71.1 Å². The van der Waals surface area contributed by atoms with Crippen LogP contribution in [0.4, 0.5) is 5.69 Å². The van der Waals surface area contributed by atoms with Crippen LogP contribution < -0.4 is 10.6 Å². The lowest BCUT2D eigenvalue weighted by Gasteiger charge is -2.16. The number of nitrogens with one attached hydrogen (secondary N) is 2. The van der Waals surface area contributed by atoms with Crippen molar-refractivity contribution in [3.8, 4) is 0 Å². The van der Waals surface area contributed by atoms with E-state index in [0.29, 0.717) is 28.7 Å². The molecule has 2 amide bonds. The van der Waals surface area contributed by atoms with Gasteiger partial charge in [-0.25, -0.2) is 4.98 Å². The molecule has 7 heteroatoms. The van der Waals surface area contributed by atoms with Crippen molar-refractivity contribution < 1.29 is 9.59 Å². The lowest BCUT2D eigenvalue weighted by atomic mass is 10.1. The number of thioether (sulfide) groups is 1. The van der Waals surface area contributed by atoms with E-state index in [9.17, 15) is 9.59 Å². The molecule has 2 N–H and O–H groups in total. The van der Waals surface area contributed by atoms with E-state index in [1.807, 2.05) is 6.07 Å². The van der Waals surface area contributed by atoms with Gasteiger partial charge in [0.05, 0.1) is 11.4 Å². The normalized spacial score (nSPS) is 13.2. The van der Waals surface area contributed by atoms with Gasteiger partial charge in [-0.15, -0.1) is 11.8 Å². The van der Waals surface area contributed by atoms with Crippen molar-refractivity contribution in [3.05, 3.63) is 52.8 Å². The number of hydrogen-bond acceptors (Lipinski definition) is 4. The van der Waals surface area contributed by atoms with Gasteiger partial charge in [-0.1, -0.05) is 17.7 Å². The largest absolute Gasteiger partial charge is 0.348 e. The van der Waals surface area contributed by atoms with Crippen molar-refractivity contribution in [1.29, 1.82) is 0 Å². The summed E-state index contributed by atoms with van der Waals surface area (Å²) in [5.41, 5.74) is 2.05. The van der Waals surface area contributed by atoms with Gasteiger partial charge in [-0.3, -0.25) is 9.59 Å². The van der Waals surface area contributed by atoms with E-state index >= 15 is 0 Å².